The van der Waals surface area contributed by atoms with Crippen LogP contribution in [-0.2, 0) is 11.2 Å². The van der Waals surface area contributed by atoms with Gasteiger partial charge in [0.25, 0.3) is 0 Å². The highest BCUT2D eigenvalue weighted by molar-refractivity contribution is 5.97. The van der Waals surface area contributed by atoms with Crippen molar-refractivity contribution in [3.8, 4) is 5.75 Å². The van der Waals surface area contributed by atoms with Crippen molar-refractivity contribution in [2.24, 2.45) is 0 Å². The van der Waals surface area contributed by atoms with Gasteiger partial charge in [0, 0.05) is 31.7 Å². The highest BCUT2D eigenvalue weighted by atomic mass is 16.3. The number of piperazine rings is 1. The van der Waals surface area contributed by atoms with Crippen molar-refractivity contribution in [2.45, 2.75) is 13.3 Å². The minimum Gasteiger partial charge on any atom is -0.507 e. The zero-order valence-corrected chi connectivity index (χ0v) is 14.2. The molecule has 2 aromatic rings. The lowest BCUT2D eigenvalue weighted by molar-refractivity contribution is -0.132. The summed E-state index contributed by atoms with van der Waals surface area (Å²) in [7, 11) is 2.00. The number of phenols is 1. The van der Waals surface area contributed by atoms with Crippen LogP contribution in [0.15, 0.2) is 21.3 Å². The molecule has 1 saturated heterocycles. The minimum atomic E-state index is -0.343. The van der Waals surface area contributed by atoms with E-state index in [1.165, 1.54) is 12.1 Å². The van der Waals surface area contributed by atoms with E-state index in [4.69, 9.17) is 4.42 Å². The van der Waals surface area contributed by atoms with Crippen LogP contribution in [0.1, 0.15) is 21.7 Å². The highest BCUT2D eigenvalue weighted by Crippen LogP contribution is 2.26. The molecule has 25 heavy (non-hydrogen) atoms. The molecule has 132 valence electrons. The van der Waals surface area contributed by atoms with Gasteiger partial charge in [-0.15, -0.1) is 0 Å². The zero-order valence-electron chi connectivity index (χ0n) is 14.2. The summed E-state index contributed by atoms with van der Waals surface area (Å²) in [4.78, 5) is 40.4. The summed E-state index contributed by atoms with van der Waals surface area (Å²) < 4.78 is 5.61. The second kappa shape index (κ2) is 6.68. The van der Waals surface area contributed by atoms with Crippen LogP contribution in [0.3, 0.4) is 0 Å². The molecule has 0 atom stereocenters. The number of aromatic hydroxyl groups is 1. The summed E-state index contributed by atoms with van der Waals surface area (Å²) in [5, 5.41) is 9.93. The van der Waals surface area contributed by atoms with Crippen LogP contribution in [0.4, 0.5) is 0 Å². The number of amides is 1. The molecule has 7 nitrogen and oxygen atoms in total. The van der Waals surface area contributed by atoms with Crippen molar-refractivity contribution in [2.75, 3.05) is 33.2 Å². The predicted octanol–water partition coefficient (Wildman–Crippen LogP) is 0.936. The molecule has 1 aliphatic heterocycles. The SMILES string of the molecule is Cc1oc2c(C=O)c(O)ccc2c(=O)c1CC(=O)N1CCN(C)CC1. The number of fused-ring (bicyclic) bond motifs is 1. The van der Waals surface area contributed by atoms with Crippen LogP contribution in [0.2, 0.25) is 0 Å². The molecule has 3 rings (SSSR count). The molecule has 1 aliphatic rings. The average Bonchev–Trinajstić information content (AvgIpc) is 2.59. The van der Waals surface area contributed by atoms with Gasteiger partial charge in [-0.1, -0.05) is 0 Å². The Kier molecular flexibility index (Phi) is 4.59. The van der Waals surface area contributed by atoms with Gasteiger partial charge in [-0.05, 0) is 26.1 Å². The van der Waals surface area contributed by atoms with Crippen molar-refractivity contribution in [3.63, 3.8) is 0 Å². The Hall–Kier alpha value is -2.67. The van der Waals surface area contributed by atoms with Crippen LogP contribution in [0.25, 0.3) is 11.0 Å². The molecule has 1 amide bonds. The fourth-order valence-corrected chi connectivity index (χ4v) is 3.05. The zero-order chi connectivity index (χ0) is 18.1. The number of phenolic OH excluding ortho intramolecular Hbond substituents is 1. The van der Waals surface area contributed by atoms with E-state index in [0.717, 1.165) is 13.1 Å². The molecule has 1 aromatic heterocycles. The molecule has 7 heteroatoms. The molecule has 0 bridgehead atoms. The lowest BCUT2D eigenvalue weighted by Crippen LogP contribution is -2.47. The summed E-state index contributed by atoms with van der Waals surface area (Å²) in [5.41, 5.74) is -0.0637. The van der Waals surface area contributed by atoms with Crippen molar-refractivity contribution in [1.82, 2.24) is 9.80 Å². The Balaban J connectivity index is 1.97. The number of aryl methyl sites for hydroxylation is 1. The maximum Gasteiger partial charge on any atom is 0.227 e. The minimum absolute atomic E-state index is 0.0366. The number of hydrogen-bond acceptors (Lipinski definition) is 6. The van der Waals surface area contributed by atoms with Gasteiger partial charge in [0.2, 0.25) is 5.91 Å². The number of hydrogen-bond donors (Lipinski definition) is 1. The molecule has 0 unspecified atom stereocenters. The van der Waals surface area contributed by atoms with E-state index in [-0.39, 0.29) is 45.8 Å². The van der Waals surface area contributed by atoms with Crippen molar-refractivity contribution >= 4 is 23.2 Å². The second-order valence-electron chi connectivity index (χ2n) is 6.32. The lowest BCUT2D eigenvalue weighted by Gasteiger charge is -2.32. The molecule has 2 heterocycles. The molecular weight excluding hydrogens is 324 g/mol. The van der Waals surface area contributed by atoms with Gasteiger partial charge in [-0.25, -0.2) is 0 Å². The molecular formula is C18H20N2O5. The number of benzene rings is 1. The Morgan fingerprint density at radius 3 is 2.60 bits per heavy atom. The highest BCUT2D eigenvalue weighted by Gasteiger charge is 2.23. The van der Waals surface area contributed by atoms with Crippen molar-refractivity contribution in [3.05, 3.63) is 39.2 Å². The van der Waals surface area contributed by atoms with Crippen molar-refractivity contribution in [1.29, 1.82) is 0 Å². The van der Waals surface area contributed by atoms with Crippen molar-refractivity contribution < 1.29 is 19.1 Å². The monoisotopic (exact) mass is 344 g/mol. The third kappa shape index (κ3) is 3.15. The second-order valence-corrected chi connectivity index (χ2v) is 6.32. The quantitative estimate of drug-likeness (QED) is 0.833. The van der Waals surface area contributed by atoms with Crippen LogP contribution in [0, 0.1) is 6.92 Å². The van der Waals surface area contributed by atoms with E-state index >= 15 is 0 Å². The molecule has 0 aliphatic carbocycles. The normalized spacial score (nSPS) is 15.5. The predicted molar refractivity (Wildman–Crippen MR) is 92.1 cm³/mol. The van der Waals surface area contributed by atoms with Gasteiger partial charge in [-0.2, -0.15) is 0 Å². The Morgan fingerprint density at radius 1 is 1.28 bits per heavy atom. The van der Waals surface area contributed by atoms with Crippen LogP contribution >= 0.6 is 0 Å². The van der Waals surface area contributed by atoms with E-state index in [9.17, 15) is 19.5 Å². The van der Waals surface area contributed by atoms with E-state index in [1.54, 1.807) is 11.8 Å². The van der Waals surface area contributed by atoms with Gasteiger partial charge in [0.1, 0.15) is 11.5 Å². The molecule has 1 aromatic carbocycles. The Labute approximate surface area is 144 Å². The largest absolute Gasteiger partial charge is 0.507 e. The summed E-state index contributed by atoms with van der Waals surface area (Å²) in [5.74, 6) is -0.0720. The first-order valence-corrected chi connectivity index (χ1v) is 8.12. The number of carbonyl (C=O) groups excluding carboxylic acids is 2. The first kappa shape index (κ1) is 17.2. The van der Waals surface area contributed by atoms with E-state index in [2.05, 4.69) is 4.90 Å². The molecule has 1 fully saturated rings. The molecule has 0 saturated carbocycles. The van der Waals surface area contributed by atoms with E-state index in [0.29, 0.717) is 24.9 Å². The van der Waals surface area contributed by atoms with E-state index < -0.39 is 0 Å². The van der Waals surface area contributed by atoms with Gasteiger partial charge >= 0.3 is 0 Å². The number of carbonyl (C=O) groups is 2. The fraction of sp³-hybridized carbons (Fsp3) is 0.389. The average molecular weight is 344 g/mol. The number of rotatable bonds is 3. The summed E-state index contributed by atoms with van der Waals surface area (Å²) in [6, 6.07) is 2.69. The lowest BCUT2D eigenvalue weighted by atomic mass is 10.0. The smallest absolute Gasteiger partial charge is 0.227 e. The Bertz CT molecular complexity index is 894. The topological polar surface area (TPSA) is 91.1 Å². The summed E-state index contributed by atoms with van der Waals surface area (Å²) in [6.45, 7) is 4.47. The van der Waals surface area contributed by atoms with Crippen LogP contribution in [0.5, 0.6) is 5.75 Å². The van der Waals surface area contributed by atoms with Gasteiger partial charge in [0.05, 0.1) is 17.4 Å². The molecule has 0 spiro atoms. The van der Waals surface area contributed by atoms with Gasteiger partial charge in [0.15, 0.2) is 17.3 Å². The van der Waals surface area contributed by atoms with E-state index in [1.807, 2.05) is 7.05 Å². The van der Waals surface area contributed by atoms with Gasteiger partial charge < -0.3 is 19.3 Å². The van der Waals surface area contributed by atoms with Crippen LogP contribution in [-0.4, -0.2) is 60.3 Å². The Morgan fingerprint density at radius 2 is 1.96 bits per heavy atom. The third-order valence-corrected chi connectivity index (χ3v) is 4.67. The summed E-state index contributed by atoms with van der Waals surface area (Å²) >= 11 is 0. The number of likely N-dealkylation sites (N-methyl/N-ethyl adjacent to an activating group) is 1. The molecule has 1 N–H and O–H groups in total. The molecule has 0 radical (unpaired) electrons. The maximum atomic E-state index is 12.8. The van der Waals surface area contributed by atoms with Crippen LogP contribution < -0.4 is 5.43 Å². The summed E-state index contributed by atoms with van der Waals surface area (Å²) in [6.07, 6.45) is 0.417. The maximum absolute atomic E-state index is 12.8. The fourth-order valence-electron chi connectivity index (χ4n) is 3.05. The third-order valence-electron chi connectivity index (χ3n) is 4.67. The standard InChI is InChI=1S/C18H20N2O5/c1-11-13(9-16(23)20-7-5-19(2)6-8-20)17(24)12-3-4-15(22)14(10-21)18(12)25-11/h3-4,10,22H,5-9H2,1-2H3. The number of nitrogens with zero attached hydrogens (tertiary/aromatic N) is 2. The number of aldehydes is 1. The van der Waals surface area contributed by atoms with Gasteiger partial charge in [-0.3, -0.25) is 14.4 Å². The first-order valence-electron chi connectivity index (χ1n) is 8.12. The first-order chi connectivity index (χ1) is 11.9.